The quantitative estimate of drug-likeness (QED) is 0.370. The SMILES string of the molecule is CNc1nc(Nc2ccc(C)cc2)nc(NC)c1/N=N/c1nc(C)nn1-c1ccccn1. The zero-order valence-corrected chi connectivity index (χ0v) is 18.2. The van der Waals surface area contributed by atoms with E-state index in [9.17, 15) is 0 Å². The van der Waals surface area contributed by atoms with E-state index in [4.69, 9.17) is 0 Å². The normalized spacial score (nSPS) is 11.0. The predicted octanol–water partition coefficient (Wildman–Crippen LogP) is 4.31. The van der Waals surface area contributed by atoms with E-state index >= 15 is 0 Å². The topological polar surface area (TPSA) is 130 Å². The van der Waals surface area contributed by atoms with Crippen molar-refractivity contribution in [2.75, 3.05) is 30.0 Å². The standard InChI is InChI=1S/C21H23N11/c1-13-8-10-15(11-9-13)26-20-27-18(22-3)17(19(23-4)28-20)29-30-21-25-14(2)31-32(21)16-7-5-6-12-24-16/h5-12H,1-4H3,(H3,22,23,26,27,28)/b30-29+. The van der Waals surface area contributed by atoms with Gasteiger partial charge in [0.15, 0.2) is 23.1 Å². The van der Waals surface area contributed by atoms with Crippen molar-refractivity contribution in [1.29, 1.82) is 0 Å². The minimum Gasteiger partial charge on any atom is -0.371 e. The van der Waals surface area contributed by atoms with Gasteiger partial charge in [0.05, 0.1) is 0 Å². The fraction of sp³-hybridized carbons (Fsp3) is 0.190. The van der Waals surface area contributed by atoms with Gasteiger partial charge < -0.3 is 16.0 Å². The Hall–Kier alpha value is -4.41. The van der Waals surface area contributed by atoms with Gasteiger partial charge in [-0.05, 0) is 38.1 Å². The molecular formula is C21H23N11. The summed E-state index contributed by atoms with van der Waals surface area (Å²) in [6, 6.07) is 13.5. The Balaban J connectivity index is 1.68. The summed E-state index contributed by atoms with van der Waals surface area (Å²) in [6.07, 6.45) is 1.68. The van der Waals surface area contributed by atoms with Gasteiger partial charge in [-0.1, -0.05) is 23.8 Å². The summed E-state index contributed by atoms with van der Waals surface area (Å²) in [5.41, 5.74) is 2.50. The maximum Gasteiger partial charge on any atom is 0.273 e. The lowest BCUT2D eigenvalue weighted by Gasteiger charge is -2.12. The molecule has 0 aliphatic heterocycles. The summed E-state index contributed by atoms with van der Waals surface area (Å²) in [7, 11) is 3.52. The number of nitrogens with one attached hydrogen (secondary N) is 3. The monoisotopic (exact) mass is 429 g/mol. The molecule has 4 rings (SSSR count). The van der Waals surface area contributed by atoms with Crippen LogP contribution >= 0.6 is 0 Å². The third kappa shape index (κ3) is 4.51. The molecule has 11 heteroatoms. The first-order chi connectivity index (χ1) is 15.6. The van der Waals surface area contributed by atoms with Crippen molar-refractivity contribution < 1.29 is 0 Å². The van der Waals surface area contributed by atoms with Crippen LogP contribution in [0.2, 0.25) is 0 Å². The molecule has 0 amide bonds. The number of rotatable bonds is 7. The zero-order chi connectivity index (χ0) is 22.5. The highest BCUT2D eigenvalue weighted by molar-refractivity contribution is 5.76. The van der Waals surface area contributed by atoms with Crippen LogP contribution in [0.25, 0.3) is 5.82 Å². The Labute approximate surface area is 185 Å². The minimum atomic E-state index is 0.298. The van der Waals surface area contributed by atoms with E-state index in [1.165, 1.54) is 10.2 Å². The molecule has 4 aromatic rings. The van der Waals surface area contributed by atoms with Gasteiger partial charge >= 0.3 is 0 Å². The van der Waals surface area contributed by atoms with Crippen LogP contribution in [0, 0.1) is 13.8 Å². The maximum absolute atomic E-state index is 4.53. The van der Waals surface area contributed by atoms with Gasteiger partial charge in [0.25, 0.3) is 5.95 Å². The lowest BCUT2D eigenvalue weighted by Crippen LogP contribution is -2.05. The molecule has 0 saturated carbocycles. The highest BCUT2D eigenvalue weighted by atomic mass is 15.4. The fourth-order valence-electron chi connectivity index (χ4n) is 2.92. The first-order valence-electron chi connectivity index (χ1n) is 9.95. The smallest absolute Gasteiger partial charge is 0.273 e. The number of anilines is 4. The predicted molar refractivity (Wildman–Crippen MR) is 124 cm³/mol. The van der Waals surface area contributed by atoms with Crippen LogP contribution in [0.1, 0.15) is 11.4 Å². The summed E-state index contributed by atoms with van der Waals surface area (Å²) in [6.45, 7) is 3.82. The Kier molecular flexibility index (Phi) is 5.97. The van der Waals surface area contributed by atoms with Gasteiger partial charge in [-0.3, -0.25) is 0 Å². The number of aryl methyl sites for hydroxylation is 2. The number of aromatic nitrogens is 6. The Morgan fingerprint density at radius 2 is 1.56 bits per heavy atom. The summed E-state index contributed by atoms with van der Waals surface area (Å²) in [5, 5.41) is 22.4. The zero-order valence-electron chi connectivity index (χ0n) is 18.2. The average Bonchev–Trinajstić information content (AvgIpc) is 3.20. The summed E-state index contributed by atoms with van der Waals surface area (Å²) in [5.74, 6) is 2.88. The molecule has 0 radical (unpaired) electrons. The molecule has 0 saturated heterocycles. The van der Waals surface area contributed by atoms with Crippen molar-refractivity contribution in [2.24, 2.45) is 10.2 Å². The van der Waals surface area contributed by atoms with Gasteiger partial charge in [-0.2, -0.15) is 19.6 Å². The molecule has 1 aromatic carbocycles. The van der Waals surface area contributed by atoms with Crippen LogP contribution in [-0.2, 0) is 0 Å². The molecular weight excluding hydrogens is 406 g/mol. The number of azo groups is 1. The average molecular weight is 429 g/mol. The summed E-state index contributed by atoms with van der Waals surface area (Å²) < 4.78 is 1.53. The largest absolute Gasteiger partial charge is 0.371 e. The molecule has 3 heterocycles. The Morgan fingerprint density at radius 1 is 0.844 bits per heavy atom. The fourth-order valence-corrected chi connectivity index (χ4v) is 2.92. The second-order valence-corrected chi connectivity index (χ2v) is 6.84. The Morgan fingerprint density at radius 3 is 2.19 bits per heavy atom. The van der Waals surface area contributed by atoms with E-state index in [-0.39, 0.29) is 0 Å². The molecule has 0 bridgehead atoms. The van der Waals surface area contributed by atoms with Crippen molar-refractivity contribution in [3.8, 4) is 5.82 Å². The van der Waals surface area contributed by atoms with Gasteiger partial charge in [-0.15, -0.1) is 15.3 Å². The molecule has 162 valence electrons. The number of pyridine rings is 1. The third-order valence-corrected chi connectivity index (χ3v) is 4.47. The molecule has 11 nitrogen and oxygen atoms in total. The third-order valence-electron chi connectivity index (χ3n) is 4.47. The van der Waals surface area contributed by atoms with Crippen LogP contribution in [0.5, 0.6) is 0 Å². The lowest BCUT2D eigenvalue weighted by molar-refractivity contribution is 0.826. The van der Waals surface area contributed by atoms with Crippen LogP contribution in [0.15, 0.2) is 58.9 Å². The van der Waals surface area contributed by atoms with Crippen LogP contribution in [0.3, 0.4) is 0 Å². The molecule has 0 fully saturated rings. The molecule has 0 aliphatic rings. The van der Waals surface area contributed by atoms with Crippen molar-refractivity contribution in [3.63, 3.8) is 0 Å². The van der Waals surface area contributed by atoms with Crippen molar-refractivity contribution >= 4 is 34.9 Å². The molecule has 0 spiro atoms. The van der Waals surface area contributed by atoms with Gasteiger partial charge in [0.2, 0.25) is 5.95 Å². The summed E-state index contributed by atoms with van der Waals surface area (Å²) in [4.78, 5) is 17.7. The molecule has 3 N–H and O–H groups in total. The second kappa shape index (κ2) is 9.16. The lowest BCUT2D eigenvalue weighted by atomic mass is 10.2. The van der Waals surface area contributed by atoms with Crippen molar-refractivity contribution in [1.82, 2.24) is 29.7 Å². The van der Waals surface area contributed by atoms with Crippen LogP contribution in [0.4, 0.5) is 34.9 Å². The van der Waals surface area contributed by atoms with Gasteiger partial charge in [0.1, 0.15) is 5.82 Å². The van der Waals surface area contributed by atoms with E-state index < -0.39 is 0 Å². The number of nitrogens with zero attached hydrogens (tertiary/aromatic N) is 8. The van der Waals surface area contributed by atoms with E-state index in [1.54, 1.807) is 27.2 Å². The molecule has 0 unspecified atom stereocenters. The van der Waals surface area contributed by atoms with E-state index in [0.29, 0.717) is 40.9 Å². The molecule has 0 aliphatic carbocycles. The maximum atomic E-state index is 4.53. The van der Waals surface area contributed by atoms with E-state index in [0.717, 1.165) is 5.69 Å². The summed E-state index contributed by atoms with van der Waals surface area (Å²) >= 11 is 0. The molecule has 32 heavy (non-hydrogen) atoms. The first-order valence-corrected chi connectivity index (χ1v) is 9.95. The van der Waals surface area contributed by atoms with Crippen LogP contribution in [-0.4, -0.2) is 43.8 Å². The van der Waals surface area contributed by atoms with Gasteiger partial charge in [0, 0.05) is 26.0 Å². The van der Waals surface area contributed by atoms with Gasteiger partial charge in [-0.25, -0.2) is 4.98 Å². The second-order valence-electron chi connectivity index (χ2n) is 6.84. The van der Waals surface area contributed by atoms with E-state index in [1.807, 2.05) is 49.4 Å². The molecule has 0 atom stereocenters. The highest BCUT2D eigenvalue weighted by Crippen LogP contribution is 2.33. The molecule has 3 aromatic heterocycles. The highest BCUT2D eigenvalue weighted by Gasteiger charge is 2.15. The van der Waals surface area contributed by atoms with E-state index in [2.05, 4.69) is 51.2 Å². The number of hydrogen-bond donors (Lipinski definition) is 3. The van der Waals surface area contributed by atoms with Crippen LogP contribution < -0.4 is 16.0 Å². The first kappa shape index (κ1) is 20.8. The Bertz CT molecular complexity index is 1210. The minimum absolute atomic E-state index is 0.298. The number of benzene rings is 1. The van der Waals surface area contributed by atoms with Crippen molar-refractivity contribution in [2.45, 2.75) is 13.8 Å². The van der Waals surface area contributed by atoms with Crippen molar-refractivity contribution in [3.05, 3.63) is 60.0 Å². The number of hydrogen-bond acceptors (Lipinski definition) is 10.